The molecule has 2 aromatic rings. The molecule has 0 saturated heterocycles. The molecular formula is C20H22O5. The van der Waals surface area contributed by atoms with Gasteiger partial charge in [-0.1, -0.05) is 0 Å². The Balaban J connectivity index is 1.96. The van der Waals surface area contributed by atoms with Gasteiger partial charge in [0.1, 0.15) is 28.6 Å². The van der Waals surface area contributed by atoms with E-state index in [1.54, 1.807) is 20.3 Å². The first-order valence-corrected chi connectivity index (χ1v) is 8.28. The van der Waals surface area contributed by atoms with Crippen LogP contribution in [0.15, 0.2) is 24.3 Å². The molecule has 0 saturated carbocycles. The van der Waals surface area contributed by atoms with Gasteiger partial charge in [0.2, 0.25) is 5.79 Å². The van der Waals surface area contributed by atoms with E-state index < -0.39 is 11.4 Å². The second-order valence-electron chi connectivity index (χ2n) is 7.06. The SMILES string of the molecule is COc1cc(O)c2c(c1)CC1(C)OC2(C)Oc2cc(OC)cc(C)c21. The molecule has 1 N–H and O–H groups in total. The molecule has 0 spiro atoms. The van der Waals surface area contributed by atoms with Crippen molar-refractivity contribution in [1.82, 2.24) is 0 Å². The molecule has 4 rings (SSSR count). The summed E-state index contributed by atoms with van der Waals surface area (Å²) in [7, 11) is 3.23. The largest absolute Gasteiger partial charge is 0.507 e. The van der Waals surface area contributed by atoms with Crippen LogP contribution in [0.4, 0.5) is 0 Å². The van der Waals surface area contributed by atoms with Gasteiger partial charge in [0.25, 0.3) is 0 Å². The minimum Gasteiger partial charge on any atom is -0.507 e. The van der Waals surface area contributed by atoms with Crippen molar-refractivity contribution in [2.75, 3.05) is 14.2 Å². The van der Waals surface area contributed by atoms with E-state index in [-0.39, 0.29) is 5.75 Å². The summed E-state index contributed by atoms with van der Waals surface area (Å²) in [5, 5.41) is 10.6. The molecule has 2 aliphatic heterocycles. The molecule has 5 nitrogen and oxygen atoms in total. The molecule has 0 aliphatic carbocycles. The van der Waals surface area contributed by atoms with Crippen molar-refractivity contribution in [3.63, 3.8) is 0 Å². The first-order chi connectivity index (χ1) is 11.8. The summed E-state index contributed by atoms with van der Waals surface area (Å²) in [5.41, 5.74) is 3.11. The number of phenols is 1. The average molecular weight is 342 g/mol. The maximum atomic E-state index is 10.6. The third-order valence-corrected chi connectivity index (χ3v) is 5.15. The standard InChI is InChI=1S/C20H22O5/c1-11-6-13(22-4)9-16-17(11)19(2)10-12-7-14(23-5)8-15(21)18(12)20(3,24-16)25-19/h6-9,21H,10H2,1-5H3. The lowest BCUT2D eigenvalue weighted by Crippen LogP contribution is -2.51. The number of phenolic OH excluding ortho intramolecular Hbond substituents is 1. The molecule has 132 valence electrons. The van der Waals surface area contributed by atoms with Gasteiger partial charge in [-0.15, -0.1) is 0 Å². The molecule has 2 unspecified atom stereocenters. The first kappa shape index (κ1) is 16.1. The molecule has 25 heavy (non-hydrogen) atoms. The number of fused-ring (bicyclic) bond motifs is 6. The quantitative estimate of drug-likeness (QED) is 0.900. The molecular weight excluding hydrogens is 320 g/mol. The number of ether oxygens (including phenoxy) is 4. The Bertz CT molecular complexity index is 803. The van der Waals surface area contributed by atoms with Crippen molar-refractivity contribution in [3.05, 3.63) is 46.5 Å². The van der Waals surface area contributed by atoms with Crippen LogP contribution in [0.3, 0.4) is 0 Å². The summed E-state index contributed by atoms with van der Waals surface area (Å²) in [5.74, 6) is 1.12. The Hall–Kier alpha value is -2.40. The van der Waals surface area contributed by atoms with E-state index in [0.29, 0.717) is 17.7 Å². The number of aryl methyl sites for hydroxylation is 1. The summed E-state index contributed by atoms with van der Waals surface area (Å²) in [6.45, 7) is 5.93. The number of benzene rings is 2. The Labute approximate surface area is 147 Å². The fraction of sp³-hybridized carbons (Fsp3) is 0.400. The van der Waals surface area contributed by atoms with E-state index in [0.717, 1.165) is 28.2 Å². The van der Waals surface area contributed by atoms with Crippen molar-refractivity contribution < 1.29 is 24.1 Å². The monoisotopic (exact) mass is 342 g/mol. The highest BCUT2D eigenvalue weighted by Gasteiger charge is 2.53. The summed E-state index contributed by atoms with van der Waals surface area (Å²) >= 11 is 0. The molecule has 2 aliphatic rings. The van der Waals surface area contributed by atoms with E-state index >= 15 is 0 Å². The highest BCUT2D eigenvalue weighted by molar-refractivity contribution is 5.57. The summed E-state index contributed by atoms with van der Waals surface area (Å²) in [6, 6.07) is 7.40. The zero-order valence-corrected chi connectivity index (χ0v) is 15.1. The van der Waals surface area contributed by atoms with E-state index in [1.165, 1.54) is 0 Å². The fourth-order valence-corrected chi connectivity index (χ4v) is 4.34. The third-order valence-electron chi connectivity index (χ3n) is 5.15. The number of rotatable bonds is 2. The van der Waals surface area contributed by atoms with Crippen molar-refractivity contribution in [1.29, 1.82) is 0 Å². The van der Waals surface area contributed by atoms with Crippen molar-refractivity contribution in [3.8, 4) is 23.0 Å². The molecule has 0 radical (unpaired) electrons. The smallest absolute Gasteiger partial charge is 0.239 e. The molecule has 2 bridgehead atoms. The van der Waals surface area contributed by atoms with Crippen LogP contribution in [0, 0.1) is 6.92 Å². The zero-order chi connectivity index (χ0) is 18.0. The molecule has 2 heterocycles. The highest BCUT2D eigenvalue weighted by Crippen LogP contribution is 2.56. The van der Waals surface area contributed by atoms with Gasteiger partial charge in [0.15, 0.2) is 0 Å². The van der Waals surface area contributed by atoms with Crippen molar-refractivity contribution in [2.24, 2.45) is 0 Å². The molecule has 5 heteroatoms. The zero-order valence-electron chi connectivity index (χ0n) is 15.1. The number of methoxy groups -OCH3 is 2. The lowest BCUT2D eigenvalue weighted by molar-refractivity contribution is -0.276. The van der Waals surface area contributed by atoms with Crippen LogP contribution in [0.1, 0.15) is 36.1 Å². The second kappa shape index (κ2) is 5.05. The molecule has 0 amide bonds. The Morgan fingerprint density at radius 3 is 2.36 bits per heavy atom. The number of hydrogen-bond donors (Lipinski definition) is 1. The van der Waals surface area contributed by atoms with Gasteiger partial charge >= 0.3 is 0 Å². The predicted molar refractivity (Wildman–Crippen MR) is 92.5 cm³/mol. The van der Waals surface area contributed by atoms with Crippen LogP contribution in [-0.4, -0.2) is 19.3 Å². The van der Waals surface area contributed by atoms with Gasteiger partial charge in [-0.3, -0.25) is 0 Å². The normalized spacial score (nSPS) is 26.3. The molecule has 0 fully saturated rings. The minimum atomic E-state index is -1.08. The van der Waals surface area contributed by atoms with Gasteiger partial charge < -0.3 is 24.1 Å². The van der Waals surface area contributed by atoms with Crippen LogP contribution in [0.5, 0.6) is 23.0 Å². The van der Waals surface area contributed by atoms with Crippen LogP contribution >= 0.6 is 0 Å². The summed E-state index contributed by atoms with van der Waals surface area (Å²) < 4.78 is 23.4. The van der Waals surface area contributed by atoms with Gasteiger partial charge in [-0.05, 0) is 37.1 Å². The van der Waals surface area contributed by atoms with Gasteiger partial charge in [-0.2, -0.15) is 0 Å². The minimum absolute atomic E-state index is 0.113. The van der Waals surface area contributed by atoms with Crippen molar-refractivity contribution >= 4 is 0 Å². The van der Waals surface area contributed by atoms with Crippen molar-refractivity contribution in [2.45, 2.75) is 38.6 Å². The molecule has 2 atom stereocenters. The second-order valence-corrected chi connectivity index (χ2v) is 7.06. The number of aromatic hydroxyl groups is 1. The van der Waals surface area contributed by atoms with E-state index in [1.807, 2.05) is 32.0 Å². The Morgan fingerprint density at radius 1 is 1.00 bits per heavy atom. The van der Waals surface area contributed by atoms with Gasteiger partial charge in [0.05, 0.1) is 19.8 Å². The van der Waals surface area contributed by atoms with Gasteiger partial charge in [-0.25, -0.2) is 0 Å². The van der Waals surface area contributed by atoms with Crippen LogP contribution in [0.25, 0.3) is 0 Å². The lowest BCUT2D eigenvalue weighted by Gasteiger charge is -2.51. The summed E-state index contributed by atoms with van der Waals surface area (Å²) in [4.78, 5) is 0. The van der Waals surface area contributed by atoms with E-state index in [2.05, 4.69) is 6.92 Å². The topological polar surface area (TPSA) is 57.2 Å². The lowest BCUT2D eigenvalue weighted by atomic mass is 9.78. The van der Waals surface area contributed by atoms with Crippen LogP contribution in [-0.2, 0) is 22.5 Å². The van der Waals surface area contributed by atoms with E-state index in [9.17, 15) is 5.11 Å². The Morgan fingerprint density at radius 2 is 1.68 bits per heavy atom. The third kappa shape index (κ3) is 2.19. The summed E-state index contributed by atoms with van der Waals surface area (Å²) in [6.07, 6.45) is 0.617. The van der Waals surface area contributed by atoms with E-state index in [4.69, 9.17) is 18.9 Å². The van der Waals surface area contributed by atoms with Gasteiger partial charge in [0, 0.05) is 31.0 Å². The predicted octanol–water partition coefficient (Wildman–Crippen LogP) is 3.77. The molecule has 0 aromatic heterocycles. The average Bonchev–Trinajstić information content (AvgIpc) is 2.51. The van der Waals surface area contributed by atoms with Crippen LogP contribution < -0.4 is 14.2 Å². The fourth-order valence-electron chi connectivity index (χ4n) is 4.34. The molecule has 2 aromatic carbocycles. The maximum absolute atomic E-state index is 10.6. The first-order valence-electron chi connectivity index (χ1n) is 8.28. The highest BCUT2D eigenvalue weighted by atomic mass is 16.7. The number of hydrogen-bond acceptors (Lipinski definition) is 5. The maximum Gasteiger partial charge on any atom is 0.239 e. The Kier molecular flexibility index (Phi) is 3.25. The van der Waals surface area contributed by atoms with Crippen LogP contribution in [0.2, 0.25) is 0 Å².